The van der Waals surface area contributed by atoms with E-state index in [0.717, 1.165) is 25.0 Å². The van der Waals surface area contributed by atoms with Crippen LogP contribution in [0.2, 0.25) is 0 Å². The van der Waals surface area contributed by atoms with Gasteiger partial charge in [-0.05, 0) is 25.7 Å². The molecule has 0 fully saturated rings. The lowest BCUT2D eigenvalue weighted by molar-refractivity contribution is -0.137. The number of thiazole rings is 1. The summed E-state index contributed by atoms with van der Waals surface area (Å²) in [7, 11) is 0. The number of fused-ring (bicyclic) bond motifs is 1. The molecule has 0 bridgehead atoms. The summed E-state index contributed by atoms with van der Waals surface area (Å²) in [6.45, 7) is 0. The normalized spacial score (nSPS) is 16.3. The molecule has 82 valence electrons. The molecule has 0 spiro atoms. The van der Waals surface area contributed by atoms with Gasteiger partial charge in [-0.1, -0.05) is 0 Å². The van der Waals surface area contributed by atoms with Gasteiger partial charge >= 0.3 is 5.97 Å². The Morgan fingerprint density at radius 1 is 1.53 bits per heavy atom. The van der Waals surface area contributed by atoms with Gasteiger partial charge in [0, 0.05) is 11.3 Å². The largest absolute Gasteiger partial charge is 0.481 e. The van der Waals surface area contributed by atoms with Crippen molar-refractivity contribution in [1.82, 2.24) is 4.98 Å². The Kier molecular flexibility index (Phi) is 3.02. The highest BCUT2D eigenvalue weighted by atomic mass is 32.1. The fourth-order valence-electron chi connectivity index (χ4n) is 1.74. The zero-order chi connectivity index (χ0) is 10.8. The fourth-order valence-corrected chi connectivity index (χ4v) is 2.91. The molecule has 1 aromatic rings. The quantitative estimate of drug-likeness (QED) is 0.818. The number of aryl methyl sites for hydroxylation is 2. The summed E-state index contributed by atoms with van der Waals surface area (Å²) in [5, 5.41) is 18.9. The number of carbonyl (C=O) groups is 1. The predicted molar refractivity (Wildman–Crippen MR) is 56.0 cm³/mol. The van der Waals surface area contributed by atoms with Crippen LogP contribution in [0, 0.1) is 0 Å². The zero-order valence-corrected chi connectivity index (χ0v) is 9.09. The van der Waals surface area contributed by atoms with Crippen LogP contribution in [0.1, 0.15) is 40.9 Å². The van der Waals surface area contributed by atoms with E-state index in [0.29, 0.717) is 5.01 Å². The Bertz CT molecular complexity index is 353. The summed E-state index contributed by atoms with van der Waals surface area (Å²) < 4.78 is 0. The average molecular weight is 227 g/mol. The molecular weight excluding hydrogens is 214 g/mol. The lowest BCUT2D eigenvalue weighted by Gasteiger charge is -2.04. The molecule has 4 nitrogen and oxygen atoms in total. The molecule has 0 radical (unpaired) electrons. The van der Waals surface area contributed by atoms with Crippen LogP contribution >= 0.6 is 11.3 Å². The smallest absolute Gasteiger partial charge is 0.303 e. The first-order valence-corrected chi connectivity index (χ1v) is 5.87. The second-order valence-corrected chi connectivity index (χ2v) is 4.84. The summed E-state index contributed by atoms with van der Waals surface area (Å²) in [5.74, 6) is -0.877. The maximum Gasteiger partial charge on any atom is 0.303 e. The van der Waals surface area contributed by atoms with Crippen molar-refractivity contribution >= 4 is 17.3 Å². The molecule has 2 rings (SSSR count). The van der Waals surface area contributed by atoms with Crippen molar-refractivity contribution in [2.75, 3.05) is 0 Å². The summed E-state index contributed by atoms with van der Waals surface area (Å²) in [6, 6.07) is 0. The van der Waals surface area contributed by atoms with Gasteiger partial charge in [0.1, 0.15) is 11.1 Å². The van der Waals surface area contributed by atoms with Crippen LogP contribution in [0.5, 0.6) is 0 Å². The van der Waals surface area contributed by atoms with Crippen LogP contribution in [0.15, 0.2) is 0 Å². The molecule has 1 aromatic heterocycles. The SMILES string of the molecule is O=C(O)CCC(O)c1nc2c(s1)CCC2. The molecule has 1 heterocycles. The van der Waals surface area contributed by atoms with E-state index in [1.807, 2.05) is 0 Å². The topological polar surface area (TPSA) is 70.4 Å². The molecule has 1 unspecified atom stereocenters. The Morgan fingerprint density at radius 3 is 3.00 bits per heavy atom. The van der Waals surface area contributed by atoms with Crippen LogP contribution in [0.4, 0.5) is 0 Å². The van der Waals surface area contributed by atoms with Crippen molar-refractivity contribution in [2.45, 2.75) is 38.2 Å². The maximum absolute atomic E-state index is 10.3. The molecule has 1 atom stereocenters. The Hall–Kier alpha value is -0.940. The average Bonchev–Trinajstić information content (AvgIpc) is 2.72. The zero-order valence-electron chi connectivity index (χ0n) is 8.27. The van der Waals surface area contributed by atoms with Gasteiger partial charge in [0.25, 0.3) is 0 Å². The van der Waals surface area contributed by atoms with E-state index in [1.54, 1.807) is 0 Å². The number of nitrogens with zero attached hydrogens (tertiary/aromatic N) is 1. The number of aliphatic carboxylic acids is 1. The highest BCUT2D eigenvalue weighted by Crippen LogP contribution is 2.31. The van der Waals surface area contributed by atoms with Crippen molar-refractivity contribution in [3.63, 3.8) is 0 Å². The number of hydrogen-bond donors (Lipinski definition) is 2. The van der Waals surface area contributed by atoms with Crippen LogP contribution in [0.3, 0.4) is 0 Å². The summed E-state index contributed by atoms with van der Waals surface area (Å²) in [5.41, 5.74) is 1.10. The molecule has 2 N–H and O–H groups in total. The minimum Gasteiger partial charge on any atom is -0.481 e. The van der Waals surface area contributed by atoms with Crippen molar-refractivity contribution in [2.24, 2.45) is 0 Å². The molecule has 0 saturated carbocycles. The van der Waals surface area contributed by atoms with Crippen molar-refractivity contribution < 1.29 is 15.0 Å². The Balaban J connectivity index is 1.99. The fraction of sp³-hybridized carbons (Fsp3) is 0.600. The Morgan fingerprint density at radius 2 is 2.33 bits per heavy atom. The van der Waals surface area contributed by atoms with E-state index < -0.39 is 12.1 Å². The second kappa shape index (κ2) is 4.28. The minimum atomic E-state index is -0.877. The molecular formula is C10H13NO3S. The summed E-state index contributed by atoms with van der Waals surface area (Å²) in [6.07, 6.45) is 2.74. The van der Waals surface area contributed by atoms with Crippen LogP contribution in [0.25, 0.3) is 0 Å². The lowest BCUT2D eigenvalue weighted by Crippen LogP contribution is -2.02. The molecule has 1 aliphatic rings. The van der Waals surface area contributed by atoms with Gasteiger partial charge < -0.3 is 10.2 Å². The minimum absolute atomic E-state index is 0.00852. The third kappa shape index (κ3) is 2.35. The van der Waals surface area contributed by atoms with Crippen LogP contribution < -0.4 is 0 Å². The molecule has 15 heavy (non-hydrogen) atoms. The van der Waals surface area contributed by atoms with Gasteiger partial charge in [0.05, 0.1) is 5.69 Å². The highest BCUT2D eigenvalue weighted by Gasteiger charge is 2.20. The molecule has 5 heteroatoms. The van der Waals surface area contributed by atoms with Crippen molar-refractivity contribution in [3.05, 3.63) is 15.6 Å². The summed E-state index contributed by atoms with van der Waals surface area (Å²) >= 11 is 1.53. The number of hydrogen-bond acceptors (Lipinski definition) is 4. The van der Waals surface area contributed by atoms with Gasteiger partial charge in [0.2, 0.25) is 0 Å². The van der Waals surface area contributed by atoms with E-state index in [9.17, 15) is 9.90 Å². The molecule has 1 aliphatic carbocycles. The number of aliphatic hydroxyl groups excluding tert-OH is 1. The van der Waals surface area contributed by atoms with E-state index in [1.165, 1.54) is 16.2 Å². The van der Waals surface area contributed by atoms with E-state index in [-0.39, 0.29) is 12.8 Å². The van der Waals surface area contributed by atoms with E-state index >= 15 is 0 Å². The standard InChI is InChI=1S/C10H13NO3S/c12-7(4-5-9(13)14)10-11-6-2-1-3-8(6)15-10/h7,12H,1-5H2,(H,13,14). The van der Waals surface area contributed by atoms with E-state index in [2.05, 4.69) is 4.98 Å². The molecule has 0 aromatic carbocycles. The third-order valence-electron chi connectivity index (χ3n) is 2.53. The predicted octanol–water partition coefficient (Wildman–Crippen LogP) is 1.53. The molecule has 0 amide bonds. The highest BCUT2D eigenvalue weighted by molar-refractivity contribution is 7.11. The first-order chi connectivity index (χ1) is 7.16. The lowest BCUT2D eigenvalue weighted by atomic mass is 10.2. The first kappa shape index (κ1) is 10.6. The number of carboxylic acid groups (broad SMARTS) is 1. The van der Waals surface area contributed by atoms with Gasteiger partial charge in [-0.15, -0.1) is 11.3 Å². The van der Waals surface area contributed by atoms with Gasteiger partial charge in [0.15, 0.2) is 0 Å². The molecule has 0 saturated heterocycles. The number of aliphatic hydroxyl groups is 1. The monoisotopic (exact) mass is 227 g/mol. The van der Waals surface area contributed by atoms with Gasteiger partial charge in [-0.2, -0.15) is 0 Å². The summed E-state index contributed by atoms with van der Waals surface area (Å²) in [4.78, 5) is 16.0. The third-order valence-corrected chi connectivity index (χ3v) is 3.79. The number of aromatic nitrogens is 1. The van der Waals surface area contributed by atoms with Crippen molar-refractivity contribution in [1.29, 1.82) is 0 Å². The number of carboxylic acids is 1. The van der Waals surface area contributed by atoms with E-state index in [4.69, 9.17) is 5.11 Å². The van der Waals surface area contributed by atoms with Gasteiger partial charge in [-0.3, -0.25) is 4.79 Å². The first-order valence-electron chi connectivity index (χ1n) is 5.05. The van der Waals surface area contributed by atoms with Crippen molar-refractivity contribution in [3.8, 4) is 0 Å². The maximum atomic E-state index is 10.3. The Labute approximate surface area is 91.6 Å². The van der Waals surface area contributed by atoms with Crippen LogP contribution in [-0.4, -0.2) is 21.2 Å². The van der Waals surface area contributed by atoms with Gasteiger partial charge in [-0.25, -0.2) is 4.98 Å². The second-order valence-electron chi connectivity index (χ2n) is 3.72. The van der Waals surface area contributed by atoms with Crippen LogP contribution in [-0.2, 0) is 17.6 Å². The molecule has 0 aliphatic heterocycles. The number of rotatable bonds is 4.